The summed E-state index contributed by atoms with van der Waals surface area (Å²) in [5.41, 5.74) is 0. The standard InChI is InChI=1S/C18H37NO2.K/c1-3-4-5-6-7-8-9-10-11-12-13-14-16-19(2)17-15-18(20)21;/h3-17H2,1-2H3,(H,20,21);/q;+1/p-1. The largest absolute Gasteiger partial charge is 1.00 e. The van der Waals surface area contributed by atoms with Crippen molar-refractivity contribution >= 4 is 5.97 Å². The number of carbonyl (C=O) groups excluding carboxylic acids is 1. The van der Waals surface area contributed by atoms with Crippen LogP contribution >= 0.6 is 0 Å². The van der Waals surface area contributed by atoms with Crippen molar-refractivity contribution < 1.29 is 61.3 Å². The number of rotatable bonds is 16. The quantitative estimate of drug-likeness (QED) is 0.309. The molecule has 0 fully saturated rings. The van der Waals surface area contributed by atoms with Gasteiger partial charge in [0.2, 0.25) is 0 Å². The molecule has 0 amide bonds. The van der Waals surface area contributed by atoms with Gasteiger partial charge in [-0.25, -0.2) is 0 Å². The number of nitrogens with zero attached hydrogens (tertiary/aromatic N) is 1. The Morgan fingerprint density at radius 2 is 1.18 bits per heavy atom. The Morgan fingerprint density at radius 3 is 1.59 bits per heavy atom. The summed E-state index contributed by atoms with van der Waals surface area (Å²) in [4.78, 5) is 12.4. The molecule has 126 valence electrons. The van der Waals surface area contributed by atoms with Crippen molar-refractivity contribution in [1.82, 2.24) is 4.90 Å². The normalized spacial score (nSPS) is 10.7. The Hall–Kier alpha value is 1.07. The molecule has 0 aromatic heterocycles. The van der Waals surface area contributed by atoms with E-state index in [0.29, 0.717) is 6.54 Å². The molecule has 0 rings (SSSR count). The van der Waals surface area contributed by atoms with E-state index in [2.05, 4.69) is 11.8 Å². The van der Waals surface area contributed by atoms with Crippen LogP contribution in [0.4, 0.5) is 0 Å². The summed E-state index contributed by atoms with van der Waals surface area (Å²) < 4.78 is 0. The van der Waals surface area contributed by atoms with Crippen LogP contribution in [0.5, 0.6) is 0 Å². The van der Waals surface area contributed by atoms with E-state index in [4.69, 9.17) is 0 Å². The minimum Gasteiger partial charge on any atom is -0.550 e. The fraction of sp³-hybridized carbons (Fsp3) is 0.944. The molecule has 0 saturated heterocycles. The Balaban J connectivity index is 0. The smallest absolute Gasteiger partial charge is 0.550 e. The maximum Gasteiger partial charge on any atom is 1.00 e. The first-order chi connectivity index (χ1) is 10.2. The zero-order valence-electron chi connectivity index (χ0n) is 15.4. The average Bonchev–Trinajstić information content (AvgIpc) is 2.46. The fourth-order valence-corrected chi connectivity index (χ4v) is 2.62. The first kappa shape index (κ1) is 25.3. The van der Waals surface area contributed by atoms with Gasteiger partial charge in [-0.2, -0.15) is 0 Å². The van der Waals surface area contributed by atoms with Crippen LogP contribution in [0.25, 0.3) is 0 Å². The second-order valence-electron chi connectivity index (χ2n) is 6.31. The van der Waals surface area contributed by atoms with E-state index in [0.717, 1.165) is 6.54 Å². The first-order valence-electron chi connectivity index (χ1n) is 9.05. The molecule has 0 radical (unpaired) electrons. The van der Waals surface area contributed by atoms with Crippen molar-refractivity contribution in [3.8, 4) is 0 Å². The zero-order chi connectivity index (χ0) is 15.8. The fourth-order valence-electron chi connectivity index (χ4n) is 2.62. The maximum absolute atomic E-state index is 10.3. The van der Waals surface area contributed by atoms with E-state index in [1.165, 1.54) is 77.0 Å². The summed E-state index contributed by atoms with van der Waals surface area (Å²) in [5, 5.41) is 10.3. The molecule has 0 aliphatic carbocycles. The van der Waals surface area contributed by atoms with Crippen molar-refractivity contribution in [1.29, 1.82) is 0 Å². The molecule has 0 aromatic rings. The molecular weight excluding hydrogens is 301 g/mol. The van der Waals surface area contributed by atoms with Gasteiger partial charge in [0.15, 0.2) is 0 Å². The average molecular weight is 338 g/mol. The third-order valence-corrected chi connectivity index (χ3v) is 4.09. The number of carboxylic acids is 1. The summed E-state index contributed by atoms with van der Waals surface area (Å²) in [6.45, 7) is 3.88. The van der Waals surface area contributed by atoms with Crippen LogP contribution in [0, 0.1) is 0 Å². The van der Waals surface area contributed by atoms with Gasteiger partial charge in [0, 0.05) is 12.5 Å². The summed E-state index contributed by atoms with van der Waals surface area (Å²) in [6.07, 6.45) is 16.5. The minimum absolute atomic E-state index is 0. The molecule has 0 aliphatic heterocycles. The Labute approximate surface area is 181 Å². The van der Waals surface area contributed by atoms with Crippen LogP contribution in [-0.4, -0.2) is 31.0 Å². The van der Waals surface area contributed by atoms with E-state index in [1.54, 1.807) is 0 Å². The SMILES string of the molecule is CCCCCCCCCCCCCCN(C)CCC(=O)[O-].[K+]. The molecule has 0 atom stereocenters. The predicted octanol–water partition coefficient (Wildman–Crippen LogP) is 0.763. The monoisotopic (exact) mass is 337 g/mol. The molecule has 0 saturated carbocycles. The van der Waals surface area contributed by atoms with Crippen LogP contribution in [-0.2, 0) is 4.79 Å². The molecule has 0 aromatic carbocycles. The molecule has 0 bridgehead atoms. The number of carboxylic acid groups (broad SMARTS) is 1. The molecule has 0 N–H and O–H groups in total. The van der Waals surface area contributed by atoms with Gasteiger partial charge in [-0.05, 0) is 26.4 Å². The number of carbonyl (C=O) groups is 1. The molecular formula is C18H36KNO2. The van der Waals surface area contributed by atoms with Crippen LogP contribution in [0.1, 0.15) is 90.4 Å². The Morgan fingerprint density at radius 1 is 0.773 bits per heavy atom. The molecule has 22 heavy (non-hydrogen) atoms. The summed E-state index contributed by atoms with van der Waals surface area (Å²) in [7, 11) is 1.99. The van der Waals surface area contributed by atoms with Gasteiger partial charge in [0.25, 0.3) is 0 Å². The predicted molar refractivity (Wildman–Crippen MR) is 88.2 cm³/mol. The molecule has 4 heteroatoms. The van der Waals surface area contributed by atoms with Crippen molar-refractivity contribution in [3.05, 3.63) is 0 Å². The summed E-state index contributed by atoms with van der Waals surface area (Å²) in [5.74, 6) is -0.948. The first-order valence-corrected chi connectivity index (χ1v) is 9.05. The molecule has 3 nitrogen and oxygen atoms in total. The van der Waals surface area contributed by atoms with Crippen molar-refractivity contribution in [3.63, 3.8) is 0 Å². The van der Waals surface area contributed by atoms with Gasteiger partial charge in [0.05, 0.1) is 0 Å². The zero-order valence-corrected chi connectivity index (χ0v) is 18.5. The number of hydrogen-bond donors (Lipinski definition) is 0. The molecule has 0 spiro atoms. The second kappa shape index (κ2) is 20.1. The van der Waals surface area contributed by atoms with E-state index in [-0.39, 0.29) is 57.8 Å². The second-order valence-corrected chi connectivity index (χ2v) is 6.31. The summed E-state index contributed by atoms with van der Waals surface area (Å²) >= 11 is 0. The number of hydrogen-bond acceptors (Lipinski definition) is 3. The minimum atomic E-state index is -0.948. The topological polar surface area (TPSA) is 43.4 Å². The van der Waals surface area contributed by atoms with Crippen molar-refractivity contribution in [2.24, 2.45) is 0 Å². The number of unbranched alkanes of at least 4 members (excludes halogenated alkanes) is 11. The third kappa shape index (κ3) is 21.1. The van der Waals surface area contributed by atoms with Crippen LogP contribution in [0.2, 0.25) is 0 Å². The van der Waals surface area contributed by atoms with Crippen LogP contribution < -0.4 is 56.5 Å². The van der Waals surface area contributed by atoms with E-state index in [9.17, 15) is 9.90 Å². The maximum atomic E-state index is 10.3. The van der Waals surface area contributed by atoms with Crippen molar-refractivity contribution in [2.45, 2.75) is 90.4 Å². The van der Waals surface area contributed by atoms with Gasteiger partial charge in [-0.3, -0.25) is 0 Å². The Bertz CT molecular complexity index is 237. The van der Waals surface area contributed by atoms with Crippen LogP contribution in [0.3, 0.4) is 0 Å². The van der Waals surface area contributed by atoms with E-state index >= 15 is 0 Å². The van der Waals surface area contributed by atoms with Crippen LogP contribution in [0.15, 0.2) is 0 Å². The van der Waals surface area contributed by atoms with Gasteiger partial charge >= 0.3 is 51.4 Å². The Kier molecular flexibility index (Phi) is 23.1. The number of aliphatic carboxylic acids is 1. The van der Waals surface area contributed by atoms with Gasteiger partial charge < -0.3 is 14.8 Å². The molecule has 0 unspecified atom stereocenters. The van der Waals surface area contributed by atoms with Crippen molar-refractivity contribution in [2.75, 3.05) is 20.1 Å². The third-order valence-electron chi connectivity index (χ3n) is 4.09. The van der Waals surface area contributed by atoms with E-state index < -0.39 is 5.97 Å². The van der Waals surface area contributed by atoms with E-state index in [1.807, 2.05) is 7.05 Å². The van der Waals surface area contributed by atoms with Gasteiger partial charge in [0.1, 0.15) is 0 Å². The molecule has 0 aliphatic rings. The molecule has 0 heterocycles. The van der Waals surface area contributed by atoms with Gasteiger partial charge in [-0.15, -0.1) is 0 Å². The summed E-state index contributed by atoms with van der Waals surface area (Å²) in [6, 6.07) is 0. The van der Waals surface area contributed by atoms with Gasteiger partial charge in [-0.1, -0.05) is 77.6 Å².